The van der Waals surface area contributed by atoms with Crippen molar-refractivity contribution >= 4 is 18.0 Å². The fourth-order valence-electron chi connectivity index (χ4n) is 2.33. The Hall–Kier alpha value is -3.48. The summed E-state index contributed by atoms with van der Waals surface area (Å²) in [6.45, 7) is 0. The van der Waals surface area contributed by atoms with Crippen LogP contribution >= 0.6 is 0 Å². The minimum Gasteiger partial charge on any atom is -0.493 e. The Labute approximate surface area is 150 Å². The Morgan fingerprint density at radius 2 is 1.58 bits per heavy atom. The molecule has 0 radical (unpaired) electrons. The molecule has 0 saturated heterocycles. The molecule has 0 atom stereocenters. The SMILES string of the molecule is COc1ccc(/C=C(/NC(=O)c2ccccc2)C(=O)O)c(OC)c1OC. The van der Waals surface area contributed by atoms with Crippen LogP contribution in [0.25, 0.3) is 6.08 Å². The van der Waals surface area contributed by atoms with Crippen LogP contribution < -0.4 is 19.5 Å². The minimum atomic E-state index is -1.29. The lowest BCUT2D eigenvalue weighted by Crippen LogP contribution is -2.27. The Balaban J connectivity index is 2.43. The Kier molecular flexibility index (Phi) is 6.21. The van der Waals surface area contributed by atoms with Gasteiger partial charge in [-0.25, -0.2) is 4.79 Å². The third-order valence-electron chi connectivity index (χ3n) is 3.55. The van der Waals surface area contributed by atoms with Crippen molar-refractivity contribution in [2.45, 2.75) is 0 Å². The zero-order valence-corrected chi connectivity index (χ0v) is 14.6. The molecule has 0 aliphatic rings. The van der Waals surface area contributed by atoms with Gasteiger partial charge in [0.2, 0.25) is 5.75 Å². The maximum absolute atomic E-state index is 12.2. The molecule has 2 N–H and O–H groups in total. The average molecular weight is 357 g/mol. The second-order valence-corrected chi connectivity index (χ2v) is 5.11. The van der Waals surface area contributed by atoms with Gasteiger partial charge in [0.05, 0.1) is 21.3 Å². The molecule has 136 valence electrons. The number of methoxy groups -OCH3 is 3. The molecule has 0 aliphatic carbocycles. The smallest absolute Gasteiger partial charge is 0.352 e. The van der Waals surface area contributed by atoms with Crippen LogP contribution in [-0.2, 0) is 4.79 Å². The van der Waals surface area contributed by atoms with Gasteiger partial charge in [0.1, 0.15) is 5.70 Å². The van der Waals surface area contributed by atoms with Crippen LogP contribution in [0.4, 0.5) is 0 Å². The van der Waals surface area contributed by atoms with Crippen LogP contribution in [0.2, 0.25) is 0 Å². The van der Waals surface area contributed by atoms with Gasteiger partial charge in [0.25, 0.3) is 5.91 Å². The molecule has 0 spiro atoms. The summed E-state index contributed by atoms with van der Waals surface area (Å²) in [5, 5.41) is 11.8. The number of carbonyl (C=O) groups is 2. The maximum atomic E-state index is 12.2. The summed E-state index contributed by atoms with van der Waals surface area (Å²) < 4.78 is 15.8. The summed E-state index contributed by atoms with van der Waals surface area (Å²) >= 11 is 0. The highest BCUT2D eigenvalue weighted by Gasteiger charge is 2.18. The van der Waals surface area contributed by atoms with E-state index in [1.54, 1.807) is 42.5 Å². The van der Waals surface area contributed by atoms with Crippen LogP contribution in [0, 0.1) is 0 Å². The molecule has 0 bridgehead atoms. The lowest BCUT2D eigenvalue weighted by atomic mass is 10.1. The molecule has 2 rings (SSSR count). The molecule has 0 fully saturated rings. The first-order valence-corrected chi connectivity index (χ1v) is 7.62. The molecular weight excluding hydrogens is 338 g/mol. The normalized spacial score (nSPS) is 10.8. The number of amides is 1. The van der Waals surface area contributed by atoms with Gasteiger partial charge in [-0.15, -0.1) is 0 Å². The number of rotatable bonds is 7. The highest BCUT2D eigenvalue weighted by Crippen LogP contribution is 2.40. The molecule has 1 amide bonds. The largest absolute Gasteiger partial charge is 0.493 e. The first-order chi connectivity index (χ1) is 12.5. The molecule has 2 aromatic rings. The number of aliphatic carboxylic acids is 1. The van der Waals surface area contributed by atoms with Crippen LogP contribution in [0.5, 0.6) is 17.2 Å². The molecule has 0 unspecified atom stereocenters. The van der Waals surface area contributed by atoms with Gasteiger partial charge in [-0.05, 0) is 30.3 Å². The lowest BCUT2D eigenvalue weighted by molar-refractivity contribution is -0.132. The van der Waals surface area contributed by atoms with E-state index < -0.39 is 11.9 Å². The van der Waals surface area contributed by atoms with E-state index in [4.69, 9.17) is 14.2 Å². The molecule has 26 heavy (non-hydrogen) atoms. The fraction of sp³-hybridized carbons (Fsp3) is 0.158. The highest BCUT2D eigenvalue weighted by atomic mass is 16.5. The van der Waals surface area contributed by atoms with E-state index >= 15 is 0 Å². The Morgan fingerprint density at radius 3 is 2.12 bits per heavy atom. The number of carbonyl (C=O) groups excluding carboxylic acids is 1. The van der Waals surface area contributed by atoms with Gasteiger partial charge >= 0.3 is 5.97 Å². The zero-order valence-electron chi connectivity index (χ0n) is 14.6. The number of ether oxygens (including phenoxy) is 3. The van der Waals surface area contributed by atoms with Crippen molar-refractivity contribution < 1.29 is 28.9 Å². The number of nitrogens with one attached hydrogen (secondary N) is 1. The average Bonchev–Trinajstić information content (AvgIpc) is 2.67. The summed E-state index contributed by atoms with van der Waals surface area (Å²) in [7, 11) is 4.36. The number of hydrogen-bond acceptors (Lipinski definition) is 5. The van der Waals surface area contributed by atoms with Crippen molar-refractivity contribution in [3.8, 4) is 17.2 Å². The predicted octanol–water partition coefficient (Wildman–Crippen LogP) is 2.57. The Bertz CT molecular complexity index is 829. The minimum absolute atomic E-state index is 0.291. The third kappa shape index (κ3) is 4.13. The van der Waals surface area contributed by atoms with Gasteiger partial charge in [-0.3, -0.25) is 4.79 Å². The summed E-state index contributed by atoms with van der Waals surface area (Å²) in [5.74, 6) is -0.765. The zero-order chi connectivity index (χ0) is 19.1. The summed E-state index contributed by atoms with van der Waals surface area (Å²) in [4.78, 5) is 23.8. The first kappa shape index (κ1) is 18.9. The van der Waals surface area contributed by atoms with Crippen LogP contribution in [0.1, 0.15) is 15.9 Å². The molecule has 0 aromatic heterocycles. The quantitative estimate of drug-likeness (QED) is 0.740. The Morgan fingerprint density at radius 1 is 0.923 bits per heavy atom. The third-order valence-corrected chi connectivity index (χ3v) is 3.55. The monoisotopic (exact) mass is 357 g/mol. The molecule has 0 heterocycles. The molecule has 0 aliphatic heterocycles. The second kappa shape index (κ2) is 8.57. The van der Waals surface area contributed by atoms with Crippen LogP contribution in [-0.4, -0.2) is 38.3 Å². The van der Waals surface area contributed by atoms with E-state index in [0.29, 0.717) is 28.4 Å². The fourth-order valence-corrected chi connectivity index (χ4v) is 2.33. The van der Waals surface area contributed by atoms with E-state index in [-0.39, 0.29) is 5.70 Å². The van der Waals surface area contributed by atoms with Crippen LogP contribution in [0.3, 0.4) is 0 Å². The van der Waals surface area contributed by atoms with Crippen molar-refractivity contribution in [3.63, 3.8) is 0 Å². The van der Waals surface area contributed by atoms with E-state index in [9.17, 15) is 14.7 Å². The molecular formula is C19H19NO6. The second-order valence-electron chi connectivity index (χ2n) is 5.11. The standard InChI is InChI=1S/C19H19NO6/c1-24-15-10-9-13(16(25-2)17(15)26-3)11-14(19(22)23)20-18(21)12-7-5-4-6-8-12/h4-11H,1-3H3,(H,20,21)(H,22,23)/b14-11+. The van der Waals surface area contributed by atoms with E-state index in [1.165, 1.54) is 27.4 Å². The van der Waals surface area contributed by atoms with Crippen molar-refractivity contribution in [2.75, 3.05) is 21.3 Å². The van der Waals surface area contributed by atoms with Crippen molar-refractivity contribution in [1.82, 2.24) is 5.32 Å². The van der Waals surface area contributed by atoms with Crippen molar-refractivity contribution in [2.24, 2.45) is 0 Å². The van der Waals surface area contributed by atoms with Gasteiger partial charge in [0, 0.05) is 11.1 Å². The number of hydrogen-bond donors (Lipinski definition) is 2. The van der Waals surface area contributed by atoms with Crippen LogP contribution in [0.15, 0.2) is 48.2 Å². The van der Waals surface area contributed by atoms with Gasteiger partial charge < -0.3 is 24.6 Å². The molecule has 2 aromatic carbocycles. The highest BCUT2D eigenvalue weighted by molar-refractivity contribution is 6.03. The molecule has 7 heteroatoms. The van der Waals surface area contributed by atoms with E-state index in [0.717, 1.165) is 0 Å². The number of carboxylic acids is 1. The van der Waals surface area contributed by atoms with Crippen molar-refractivity contribution in [3.05, 3.63) is 59.3 Å². The van der Waals surface area contributed by atoms with Gasteiger partial charge in [0.15, 0.2) is 11.5 Å². The topological polar surface area (TPSA) is 94.1 Å². The number of carboxylic acid groups (broad SMARTS) is 1. The van der Waals surface area contributed by atoms with Gasteiger partial charge in [-0.1, -0.05) is 18.2 Å². The van der Waals surface area contributed by atoms with Crippen molar-refractivity contribution in [1.29, 1.82) is 0 Å². The summed E-state index contributed by atoms with van der Waals surface area (Å²) in [6.07, 6.45) is 1.30. The predicted molar refractivity (Wildman–Crippen MR) is 95.6 cm³/mol. The van der Waals surface area contributed by atoms with Gasteiger partial charge in [-0.2, -0.15) is 0 Å². The molecule has 7 nitrogen and oxygen atoms in total. The lowest BCUT2D eigenvalue weighted by Gasteiger charge is -2.14. The first-order valence-electron chi connectivity index (χ1n) is 7.62. The van der Waals surface area contributed by atoms with E-state index in [1.807, 2.05) is 0 Å². The maximum Gasteiger partial charge on any atom is 0.352 e. The van der Waals surface area contributed by atoms with E-state index in [2.05, 4.69) is 5.32 Å². The summed E-state index contributed by atoms with van der Waals surface area (Å²) in [5.41, 5.74) is 0.458. The molecule has 0 saturated carbocycles. The summed E-state index contributed by atoms with van der Waals surface area (Å²) in [6, 6.07) is 11.5. The number of benzene rings is 2.